The van der Waals surface area contributed by atoms with E-state index in [4.69, 9.17) is 0 Å². The van der Waals surface area contributed by atoms with Crippen molar-refractivity contribution in [2.75, 3.05) is 37.6 Å². The Morgan fingerprint density at radius 1 is 1.00 bits per heavy atom. The van der Waals surface area contributed by atoms with Gasteiger partial charge in [-0.3, -0.25) is 4.79 Å². The Morgan fingerprint density at radius 3 is 2.58 bits per heavy atom. The number of carbonyl (C=O) groups is 1. The zero-order chi connectivity index (χ0) is 17.8. The van der Waals surface area contributed by atoms with Gasteiger partial charge in [-0.25, -0.2) is 9.97 Å². The summed E-state index contributed by atoms with van der Waals surface area (Å²) >= 11 is 0. The number of aromatic nitrogens is 2. The van der Waals surface area contributed by atoms with Crippen molar-refractivity contribution in [3.05, 3.63) is 18.5 Å². The van der Waals surface area contributed by atoms with Crippen LogP contribution in [0.15, 0.2) is 18.5 Å². The van der Waals surface area contributed by atoms with E-state index in [-0.39, 0.29) is 11.8 Å². The summed E-state index contributed by atoms with van der Waals surface area (Å²) in [5.41, 5.74) is 0. The van der Waals surface area contributed by atoms with E-state index in [0.717, 1.165) is 38.4 Å². The third-order valence-electron chi connectivity index (χ3n) is 6.47. The number of amides is 1. The molecule has 3 saturated heterocycles. The van der Waals surface area contributed by atoms with Gasteiger partial charge in [0.05, 0.1) is 0 Å². The van der Waals surface area contributed by atoms with Gasteiger partial charge in [-0.15, -0.1) is 0 Å². The fraction of sp³-hybridized carbons (Fsp3) is 0.750. The van der Waals surface area contributed by atoms with Crippen molar-refractivity contribution in [2.45, 2.75) is 51.0 Å². The molecule has 1 aromatic heterocycles. The summed E-state index contributed by atoms with van der Waals surface area (Å²) in [6.07, 6.45) is 11.9. The average molecular weight is 358 g/mol. The summed E-state index contributed by atoms with van der Waals surface area (Å²) in [6.45, 7) is 5.11. The zero-order valence-corrected chi connectivity index (χ0v) is 15.6. The third-order valence-corrected chi connectivity index (χ3v) is 6.47. The van der Waals surface area contributed by atoms with Crippen LogP contribution in [0.5, 0.6) is 0 Å². The van der Waals surface area contributed by atoms with Crippen LogP contribution in [0, 0.1) is 11.8 Å². The van der Waals surface area contributed by atoms with Crippen LogP contribution in [-0.4, -0.2) is 59.5 Å². The molecule has 0 bridgehead atoms. The molecule has 3 aliphatic rings. The molecular weight excluding hydrogens is 326 g/mol. The largest absolute Gasteiger partial charge is 0.356 e. The molecule has 6 heteroatoms. The van der Waals surface area contributed by atoms with E-state index in [2.05, 4.69) is 25.1 Å². The Balaban J connectivity index is 1.24. The number of fused-ring (bicyclic) bond motifs is 1. The van der Waals surface area contributed by atoms with E-state index in [1.54, 1.807) is 12.4 Å². The Kier molecular flexibility index (Phi) is 5.68. The number of anilines is 1. The lowest BCUT2D eigenvalue weighted by atomic mass is 9.83. The van der Waals surface area contributed by atoms with E-state index >= 15 is 0 Å². The summed E-state index contributed by atoms with van der Waals surface area (Å²) in [7, 11) is 0. The van der Waals surface area contributed by atoms with Crippen molar-refractivity contribution in [1.82, 2.24) is 20.2 Å². The highest BCUT2D eigenvalue weighted by atomic mass is 16.1. The molecule has 3 aliphatic heterocycles. The molecular formula is C20H31N5O. The fourth-order valence-electron chi connectivity index (χ4n) is 4.99. The number of hydrogen-bond acceptors (Lipinski definition) is 5. The summed E-state index contributed by atoms with van der Waals surface area (Å²) in [5.74, 6) is 1.82. The molecule has 26 heavy (non-hydrogen) atoms. The van der Waals surface area contributed by atoms with Crippen molar-refractivity contribution >= 4 is 11.9 Å². The smallest absolute Gasteiger partial charge is 0.225 e. The zero-order valence-electron chi connectivity index (χ0n) is 15.6. The van der Waals surface area contributed by atoms with Crippen LogP contribution in [0.25, 0.3) is 0 Å². The number of hydrogen-bond donors (Lipinski definition) is 1. The van der Waals surface area contributed by atoms with Crippen LogP contribution >= 0.6 is 0 Å². The summed E-state index contributed by atoms with van der Waals surface area (Å²) in [6, 6.07) is 2.54. The van der Waals surface area contributed by atoms with E-state index in [1.807, 2.05) is 6.07 Å². The lowest BCUT2D eigenvalue weighted by Gasteiger charge is -2.44. The molecule has 0 saturated carbocycles. The molecule has 4 rings (SSSR count). The Morgan fingerprint density at radius 2 is 1.77 bits per heavy atom. The molecule has 1 N–H and O–H groups in total. The maximum absolute atomic E-state index is 12.7. The molecule has 6 nitrogen and oxygen atoms in total. The van der Waals surface area contributed by atoms with Crippen LogP contribution in [-0.2, 0) is 4.79 Å². The highest BCUT2D eigenvalue weighted by molar-refractivity contribution is 5.78. The van der Waals surface area contributed by atoms with Gasteiger partial charge in [0, 0.05) is 44.0 Å². The van der Waals surface area contributed by atoms with E-state index in [0.29, 0.717) is 12.0 Å². The number of nitrogens with zero attached hydrogens (tertiary/aromatic N) is 4. The normalized spacial score (nSPS) is 27.8. The summed E-state index contributed by atoms with van der Waals surface area (Å²) < 4.78 is 0. The summed E-state index contributed by atoms with van der Waals surface area (Å²) in [4.78, 5) is 26.2. The van der Waals surface area contributed by atoms with Gasteiger partial charge in [-0.1, -0.05) is 6.42 Å². The second-order valence-corrected chi connectivity index (χ2v) is 8.06. The summed E-state index contributed by atoms with van der Waals surface area (Å²) in [5, 5.41) is 3.29. The maximum Gasteiger partial charge on any atom is 0.225 e. The lowest BCUT2D eigenvalue weighted by molar-refractivity contribution is -0.126. The molecule has 1 amide bonds. The first kappa shape index (κ1) is 17.7. The second kappa shape index (κ2) is 8.33. The van der Waals surface area contributed by atoms with Gasteiger partial charge in [0.25, 0.3) is 0 Å². The van der Waals surface area contributed by atoms with E-state index in [1.165, 1.54) is 45.2 Å². The maximum atomic E-state index is 12.7. The minimum absolute atomic E-state index is 0.140. The van der Waals surface area contributed by atoms with Gasteiger partial charge >= 0.3 is 0 Å². The van der Waals surface area contributed by atoms with Gasteiger partial charge in [0.1, 0.15) is 0 Å². The molecule has 1 aromatic rings. The first-order valence-electron chi connectivity index (χ1n) is 10.3. The quantitative estimate of drug-likeness (QED) is 0.894. The highest BCUT2D eigenvalue weighted by Crippen LogP contribution is 2.30. The van der Waals surface area contributed by atoms with Crippen LogP contribution in [0.4, 0.5) is 5.95 Å². The third kappa shape index (κ3) is 4.00. The van der Waals surface area contributed by atoms with Gasteiger partial charge < -0.3 is 15.1 Å². The topological polar surface area (TPSA) is 61.4 Å². The Hall–Kier alpha value is -1.69. The van der Waals surface area contributed by atoms with Crippen molar-refractivity contribution in [2.24, 2.45) is 11.8 Å². The van der Waals surface area contributed by atoms with Crippen LogP contribution in [0.2, 0.25) is 0 Å². The molecule has 3 fully saturated rings. The predicted octanol–water partition coefficient (Wildman–Crippen LogP) is 2.07. The van der Waals surface area contributed by atoms with Crippen molar-refractivity contribution in [3.63, 3.8) is 0 Å². The molecule has 0 spiro atoms. The van der Waals surface area contributed by atoms with Crippen LogP contribution < -0.4 is 10.2 Å². The molecule has 142 valence electrons. The van der Waals surface area contributed by atoms with Gasteiger partial charge in [0.15, 0.2) is 0 Å². The number of piperidine rings is 3. The molecule has 0 aromatic carbocycles. The van der Waals surface area contributed by atoms with Crippen molar-refractivity contribution in [3.8, 4) is 0 Å². The number of rotatable bonds is 4. The number of carbonyl (C=O) groups excluding carboxylic acids is 1. The monoisotopic (exact) mass is 357 g/mol. The van der Waals surface area contributed by atoms with Crippen LogP contribution in [0.3, 0.4) is 0 Å². The Labute approximate surface area is 156 Å². The van der Waals surface area contributed by atoms with Gasteiger partial charge in [0.2, 0.25) is 11.9 Å². The first-order chi connectivity index (χ1) is 12.8. The molecule has 4 heterocycles. The minimum Gasteiger partial charge on any atom is -0.356 e. The molecule has 2 atom stereocenters. The average Bonchev–Trinajstić information content (AvgIpc) is 2.73. The number of nitrogens with one attached hydrogen (secondary N) is 1. The van der Waals surface area contributed by atoms with Crippen molar-refractivity contribution in [1.29, 1.82) is 0 Å². The highest BCUT2D eigenvalue weighted by Gasteiger charge is 2.33. The van der Waals surface area contributed by atoms with E-state index in [9.17, 15) is 4.79 Å². The van der Waals surface area contributed by atoms with E-state index < -0.39 is 0 Å². The molecule has 0 radical (unpaired) electrons. The predicted molar refractivity (Wildman–Crippen MR) is 102 cm³/mol. The Bertz CT molecular complexity index is 585. The van der Waals surface area contributed by atoms with Gasteiger partial charge in [-0.2, -0.15) is 0 Å². The van der Waals surface area contributed by atoms with Crippen molar-refractivity contribution < 1.29 is 4.79 Å². The first-order valence-corrected chi connectivity index (χ1v) is 10.3. The lowest BCUT2D eigenvalue weighted by Crippen LogP contribution is -2.51. The molecule has 2 unspecified atom stereocenters. The minimum atomic E-state index is 0.140. The standard InChI is InChI=1S/C20H31N5O/c26-19(16-7-13-25(14-8-16)20-21-9-4-10-22-20)23-15-17-5-3-12-24-11-2-1-6-18(17)24/h4,9-10,16-18H,1-3,5-8,11-15H2,(H,23,26). The SMILES string of the molecule is O=C(NCC1CCCN2CCCCC12)C1CCN(c2ncccn2)CC1. The van der Waals surface area contributed by atoms with Crippen LogP contribution in [0.1, 0.15) is 44.9 Å². The second-order valence-electron chi connectivity index (χ2n) is 8.06. The van der Waals surface area contributed by atoms with Gasteiger partial charge in [-0.05, 0) is 63.6 Å². The molecule has 0 aliphatic carbocycles. The fourth-order valence-corrected chi connectivity index (χ4v) is 4.99.